The first-order chi connectivity index (χ1) is 9.54. The molecule has 0 saturated heterocycles. The van der Waals surface area contributed by atoms with Crippen molar-refractivity contribution in [1.82, 2.24) is 5.32 Å². The maximum Gasteiger partial charge on any atom is 0.373 e. The molecule has 0 atom stereocenters. The van der Waals surface area contributed by atoms with E-state index >= 15 is 0 Å². The molecule has 0 aliphatic rings. The van der Waals surface area contributed by atoms with Crippen LogP contribution in [0.1, 0.15) is 18.9 Å². The molecule has 1 aromatic carbocycles. The number of carboxylic acid groups (broad SMARTS) is 1. The average molecular weight is 294 g/mol. The third-order valence-electron chi connectivity index (χ3n) is 2.54. The minimum Gasteiger partial charge on any atom is -0.486 e. The van der Waals surface area contributed by atoms with Gasteiger partial charge < -0.3 is 20.9 Å². The van der Waals surface area contributed by atoms with Crippen LogP contribution in [0.5, 0.6) is 0 Å². The zero-order valence-corrected chi connectivity index (χ0v) is 12.1. The van der Waals surface area contributed by atoms with Crippen molar-refractivity contribution >= 4 is 23.3 Å². The molecule has 1 aromatic rings. The Morgan fingerprint density at radius 2 is 2.05 bits per heavy atom. The van der Waals surface area contributed by atoms with Crippen molar-refractivity contribution in [2.75, 3.05) is 6.61 Å². The number of hydrogen-bond acceptors (Lipinski definition) is 3. The first-order valence-electron chi connectivity index (χ1n) is 6.24. The van der Waals surface area contributed by atoms with Crippen LogP contribution < -0.4 is 11.1 Å². The Morgan fingerprint density at radius 3 is 2.55 bits per heavy atom. The van der Waals surface area contributed by atoms with Crippen molar-refractivity contribution in [3.8, 4) is 0 Å². The zero-order valence-electron chi connectivity index (χ0n) is 11.3. The summed E-state index contributed by atoms with van der Waals surface area (Å²) in [6, 6.07) is 9.73. The number of ether oxygens (including phenoxy) is 1. The molecular weight excluding hydrogens is 276 g/mol. The lowest BCUT2D eigenvalue weighted by Gasteiger charge is -2.14. The van der Waals surface area contributed by atoms with E-state index in [1.807, 2.05) is 30.3 Å². The molecular formula is C14H18N2O3S. The summed E-state index contributed by atoms with van der Waals surface area (Å²) in [5.41, 5.74) is 6.91. The highest BCUT2D eigenvalue weighted by Crippen LogP contribution is 2.13. The van der Waals surface area contributed by atoms with E-state index in [1.165, 1.54) is 0 Å². The molecule has 6 heteroatoms. The summed E-state index contributed by atoms with van der Waals surface area (Å²) in [7, 11) is 0. The second-order valence-corrected chi connectivity index (χ2v) is 4.46. The monoisotopic (exact) mass is 294 g/mol. The predicted octanol–water partition coefficient (Wildman–Crippen LogP) is 1.79. The highest BCUT2D eigenvalue weighted by molar-refractivity contribution is 7.80. The number of allylic oxidation sites excluding steroid dienone is 1. The number of benzene rings is 1. The fourth-order valence-corrected chi connectivity index (χ4v) is 1.84. The van der Waals surface area contributed by atoms with Gasteiger partial charge >= 0.3 is 5.97 Å². The maximum atomic E-state index is 11.2. The summed E-state index contributed by atoms with van der Waals surface area (Å²) in [5.74, 6) is -1.28. The fraction of sp³-hybridized carbons (Fsp3) is 0.286. The van der Waals surface area contributed by atoms with Gasteiger partial charge in [0, 0.05) is 0 Å². The summed E-state index contributed by atoms with van der Waals surface area (Å²) in [6.45, 7) is 1.98. The average Bonchev–Trinajstić information content (AvgIpc) is 2.41. The van der Waals surface area contributed by atoms with E-state index in [1.54, 1.807) is 6.92 Å². The van der Waals surface area contributed by atoms with E-state index in [0.717, 1.165) is 5.56 Å². The third-order valence-corrected chi connectivity index (χ3v) is 2.64. The minimum atomic E-state index is -1.14. The van der Waals surface area contributed by atoms with E-state index in [0.29, 0.717) is 18.5 Å². The predicted molar refractivity (Wildman–Crippen MR) is 81.0 cm³/mol. The van der Waals surface area contributed by atoms with Gasteiger partial charge in [-0.05, 0) is 37.5 Å². The molecule has 0 unspecified atom stereocenters. The fourth-order valence-electron chi connectivity index (χ4n) is 1.72. The van der Waals surface area contributed by atoms with Crippen molar-refractivity contribution in [2.24, 2.45) is 5.73 Å². The van der Waals surface area contributed by atoms with Crippen molar-refractivity contribution < 1.29 is 14.6 Å². The van der Waals surface area contributed by atoms with E-state index < -0.39 is 5.97 Å². The summed E-state index contributed by atoms with van der Waals surface area (Å²) >= 11 is 4.78. The number of nitrogens with one attached hydrogen (secondary N) is 1. The number of aryl methyl sites for hydroxylation is 1. The van der Waals surface area contributed by atoms with E-state index in [2.05, 4.69) is 5.32 Å². The Hall–Kier alpha value is -2.08. The van der Waals surface area contributed by atoms with Crippen LogP contribution >= 0.6 is 12.2 Å². The quantitative estimate of drug-likeness (QED) is 0.404. The van der Waals surface area contributed by atoms with Crippen LogP contribution in [0, 0.1) is 0 Å². The highest BCUT2D eigenvalue weighted by Gasteiger charge is 2.16. The molecule has 0 bridgehead atoms. The summed E-state index contributed by atoms with van der Waals surface area (Å²) in [4.78, 5) is 11.2. The van der Waals surface area contributed by atoms with Gasteiger partial charge in [-0.25, -0.2) is 4.79 Å². The van der Waals surface area contributed by atoms with Gasteiger partial charge in [0.1, 0.15) is 0 Å². The summed E-state index contributed by atoms with van der Waals surface area (Å²) < 4.78 is 5.16. The standard InChI is InChI=1S/C14H18N2O3S/c1-2-19-12(13(17)18)11(16-14(15)20)9-8-10-6-4-3-5-7-10/h3-7H,2,8-9H2,1H3,(H,17,18)(H3,15,16,20). The van der Waals surface area contributed by atoms with Crippen LogP contribution in [0.3, 0.4) is 0 Å². The van der Waals surface area contributed by atoms with Crippen molar-refractivity contribution in [1.29, 1.82) is 0 Å². The highest BCUT2D eigenvalue weighted by atomic mass is 32.1. The largest absolute Gasteiger partial charge is 0.486 e. The minimum absolute atomic E-state index is 0.0199. The van der Waals surface area contributed by atoms with Gasteiger partial charge in [-0.15, -0.1) is 0 Å². The lowest BCUT2D eigenvalue weighted by Crippen LogP contribution is -2.31. The number of carboxylic acids is 1. The Balaban J connectivity index is 2.90. The van der Waals surface area contributed by atoms with Gasteiger partial charge in [0.05, 0.1) is 12.3 Å². The van der Waals surface area contributed by atoms with Gasteiger partial charge in [-0.2, -0.15) is 0 Å². The second kappa shape index (κ2) is 8.16. The summed E-state index contributed by atoms with van der Waals surface area (Å²) in [5, 5.41) is 11.9. The number of carbonyl (C=O) groups is 1. The third kappa shape index (κ3) is 5.27. The van der Waals surface area contributed by atoms with Gasteiger partial charge in [-0.1, -0.05) is 30.3 Å². The first-order valence-corrected chi connectivity index (χ1v) is 6.65. The molecule has 0 saturated carbocycles. The van der Waals surface area contributed by atoms with E-state index in [-0.39, 0.29) is 17.5 Å². The van der Waals surface area contributed by atoms with Gasteiger partial charge in [-0.3, -0.25) is 0 Å². The van der Waals surface area contributed by atoms with Crippen LogP contribution in [0.25, 0.3) is 0 Å². The number of aliphatic carboxylic acids is 1. The number of thiocarbonyl (C=S) groups is 1. The summed E-state index contributed by atoms with van der Waals surface area (Å²) in [6.07, 6.45) is 1.11. The smallest absolute Gasteiger partial charge is 0.373 e. The maximum absolute atomic E-state index is 11.2. The normalized spacial score (nSPS) is 11.4. The molecule has 0 aromatic heterocycles. The van der Waals surface area contributed by atoms with Crippen molar-refractivity contribution in [3.05, 3.63) is 47.4 Å². The molecule has 0 fully saturated rings. The molecule has 5 nitrogen and oxygen atoms in total. The zero-order chi connectivity index (χ0) is 15.0. The van der Waals surface area contributed by atoms with Crippen LogP contribution in [0.15, 0.2) is 41.8 Å². The van der Waals surface area contributed by atoms with Gasteiger partial charge in [0.15, 0.2) is 5.11 Å². The van der Waals surface area contributed by atoms with Gasteiger partial charge in [0.2, 0.25) is 5.76 Å². The molecule has 0 heterocycles. The molecule has 0 aliphatic carbocycles. The molecule has 1 rings (SSSR count). The number of hydrogen-bond donors (Lipinski definition) is 3. The van der Waals surface area contributed by atoms with E-state index in [4.69, 9.17) is 22.7 Å². The molecule has 0 aliphatic heterocycles. The molecule has 108 valence electrons. The Kier molecular flexibility index (Phi) is 6.52. The van der Waals surface area contributed by atoms with Gasteiger partial charge in [0.25, 0.3) is 0 Å². The molecule has 4 N–H and O–H groups in total. The molecule has 0 spiro atoms. The second-order valence-electron chi connectivity index (χ2n) is 4.02. The number of nitrogens with two attached hydrogens (primary N) is 1. The SMILES string of the molecule is CCOC(C(=O)O)=C(CCc1ccccc1)NC(N)=S. The van der Waals surface area contributed by atoms with Crippen LogP contribution in [0.4, 0.5) is 0 Å². The van der Waals surface area contributed by atoms with Crippen LogP contribution in [-0.4, -0.2) is 22.8 Å². The number of rotatable bonds is 7. The lowest BCUT2D eigenvalue weighted by atomic mass is 10.1. The molecule has 20 heavy (non-hydrogen) atoms. The van der Waals surface area contributed by atoms with Crippen LogP contribution in [0.2, 0.25) is 0 Å². The Labute approximate surface area is 123 Å². The lowest BCUT2D eigenvalue weighted by molar-refractivity contribution is -0.136. The van der Waals surface area contributed by atoms with E-state index in [9.17, 15) is 9.90 Å². The Bertz CT molecular complexity index is 500. The van der Waals surface area contributed by atoms with Crippen molar-refractivity contribution in [2.45, 2.75) is 19.8 Å². The Morgan fingerprint density at radius 1 is 1.40 bits per heavy atom. The van der Waals surface area contributed by atoms with Crippen LogP contribution in [-0.2, 0) is 16.0 Å². The topological polar surface area (TPSA) is 84.6 Å². The first kappa shape index (κ1) is 16.0. The molecule has 0 radical (unpaired) electrons. The molecule has 0 amide bonds. The van der Waals surface area contributed by atoms with Crippen molar-refractivity contribution in [3.63, 3.8) is 0 Å².